The average molecular weight is 380 g/mol. The van der Waals surface area contributed by atoms with Crippen molar-refractivity contribution >= 4 is 34.8 Å². The summed E-state index contributed by atoms with van der Waals surface area (Å²) in [4.78, 5) is 12.2. The van der Waals surface area contributed by atoms with E-state index in [4.69, 9.17) is 16.3 Å². The predicted molar refractivity (Wildman–Crippen MR) is 95.1 cm³/mol. The maximum atomic E-state index is 12.8. The Kier molecular flexibility index (Phi) is 4.78. The molecule has 1 heterocycles. The summed E-state index contributed by atoms with van der Waals surface area (Å²) in [7, 11) is 0. The Labute approximate surface area is 152 Å². The first-order valence-electron chi connectivity index (χ1n) is 7.57. The Hall–Kier alpha value is -2.73. The molecule has 0 atom stereocenters. The quantitative estimate of drug-likeness (QED) is 0.569. The first-order chi connectivity index (χ1) is 12.3. The van der Waals surface area contributed by atoms with Crippen molar-refractivity contribution in [1.29, 1.82) is 0 Å². The zero-order valence-corrected chi connectivity index (χ0v) is 14.1. The molecule has 1 aliphatic heterocycles. The molecule has 3 rings (SSSR count). The van der Waals surface area contributed by atoms with E-state index in [1.54, 1.807) is 30.4 Å². The van der Waals surface area contributed by atoms with E-state index >= 15 is 0 Å². The number of benzene rings is 2. The standard InChI is InChI=1S/C19H13ClF3NO2/c1-2-7-26-17-6-3-11(9-15(17)20)8-14-13-5-4-12(19(21,22)23)10-16(13)24-18(14)25/h2-6,8-10H,1,7H2,(H,24,25)/b14-8-. The van der Waals surface area contributed by atoms with E-state index in [1.807, 2.05) is 0 Å². The summed E-state index contributed by atoms with van der Waals surface area (Å²) in [6.45, 7) is 3.85. The third-order valence-corrected chi connectivity index (χ3v) is 4.05. The molecule has 3 nitrogen and oxygen atoms in total. The van der Waals surface area contributed by atoms with Gasteiger partial charge in [-0.05, 0) is 35.9 Å². The molecule has 0 saturated heterocycles. The second-order valence-electron chi connectivity index (χ2n) is 5.56. The monoisotopic (exact) mass is 379 g/mol. The lowest BCUT2D eigenvalue weighted by molar-refractivity contribution is -0.137. The molecular weight excluding hydrogens is 367 g/mol. The van der Waals surface area contributed by atoms with Gasteiger partial charge in [0.25, 0.3) is 5.91 Å². The molecule has 134 valence electrons. The number of halogens is 4. The minimum atomic E-state index is -4.47. The highest BCUT2D eigenvalue weighted by atomic mass is 35.5. The van der Waals surface area contributed by atoms with Gasteiger partial charge in [-0.25, -0.2) is 0 Å². The van der Waals surface area contributed by atoms with Gasteiger partial charge in [-0.1, -0.05) is 36.4 Å². The summed E-state index contributed by atoms with van der Waals surface area (Å²) in [6.07, 6.45) is -1.32. The number of carbonyl (C=O) groups excluding carboxylic acids is 1. The van der Waals surface area contributed by atoms with Crippen molar-refractivity contribution in [1.82, 2.24) is 0 Å². The Bertz CT molecular complexity index is 919. The lowest BCUT2D eigenvalue weighted by atomic mass is 10.0. The molecule has 1 aliphatic rings. The molecule has 0 fully saturated rings. The topological polar surface area (TPSA) is 38.3 Å². The van der Waals surface area contributed by atoms with Crippen LogP contribution in [0.1, 0.15) is 16.7 Å². The van der Waals surface area contributed by atoms with E-state index in [1.165, 1.54) is 6.07 Å². The number of hydrogen-bond donors (Lipinski definition) is 1. The number of carbonyl (C=O) groups is 1. The van der Waals surface area contributed by atoms with Crippen LogP contribution in [0.5, 0.6) is 5.75 Å². The molecular formula is C19H13ClF3NO2. The zero-order valence-electron chi connectivity index (χ0n) is 13.4. The predicted octanol–water partition coefficient (Wildman–Crippen LogP) is 5.42. The fourth-order valence-electron chi connectivity index (χ4n) is 2.55. The zero-order chi connectivity index (χ0) is 18.9. The van der Waals surface area contributed by atoms with Crippen molar-refractivity contribution in [2.75, 3.05) is 11.9 Å². The average Bonchev–Trinajstić information content (AvgIpc) is 2.88. The number of amides is 1. The van der Waals surface area contributed by atoms with Crippen LogP contribution in [0.25, 0.3) is 11.6 Å². The molecule has 1 amide bonds. The molecule has 2 aromatic rings. The number of anilines is 1. The Morgan fingerprint density at radius 3 is 2.62 bits per heavy atom. The maximum absolute atomic E-state index is 12.8. The number of fused-ring (bicyclic) bond motifs is 1. The van der Waals surface area contributed by atoms with Crippen molar-refractivity contribution in [2.24, 2.45) is 0 Å². The number of rotatable bonds is 4. The van der Waals surface area contributed by atoms with Crippen LogP contribution in [0.3, 0.4) is 0 Å². The molecule has 26 heavy (non-hydrogen) atoms. The third-order valence-electron chi connectivity index (χ3n) is 3.75. The highest BCUT2D eigenvalue weighted by molar-refractivity contribution is 6.35. The highest BCUT2D eigenvalue weighted by Crippen LogP contribution is 2.38. The smallest absolute Gasteiger partial charge is 0.416 e. The molecule has 7 heteroatoms. The van der Waals surface area contributed by atoms with Gasteiger partial charge < -0.3 is 10.1 Å². The fraction of sp³-hybridized carbons (Fsp3) is 0.105. The number of alkyl halides is 3. The van der Waals surface area contributed by atoms with Gasteiger partial charge in [-0.15, -0.1) is 0 Å². The summed E-state index contributed by atoms with van der Waals surface area (Å²) in [6, 6.07) is 8.12. The van der Waals surface area contributed by atoms with E-state index in [0.29, 0.717) is 28.5 Å². The molecule has 0 saturated carbocycles. The third kappa shape index (κ3) is 3.60. The first-order valence-corrected chi connectivity index (χ1v) is 7.95. The van der Waals surface area contributed by atoms with Crippen LogP contribution < -0.4 is 10.1 Å². The normalized spacial score (nSPS) is 14.9. The summed E-state index contributed by atoms with van der Waals surface area (Å²) in [5.74, 6) is 0.00207. The SMILES string of the molecule is C=CCOc1ccc(/C=C2\C(=O)Nc3cc(C(F)(F)F)ccc32)cc1Cl. The lowest BCUT2D eigenvalue weighted by Gasteiger charge is -2.08. The van der Waals surface area contributed by atoms with E-state index in [2.05, 4.69) is 11.9 Å². The maximum Gasteiger partial charge on any atom is 0.416 e. The molecule has 0 radical (unpaired) electrons. The molecule has 0 unspecified atom stereocenters. The van der Waals surface area contributed by atoms with Crippen LogP contribution in [0, 0.1) is 0 Å². The van der Waals surface area contributed by atoms with E-state index in [-0.39, 0.29) is 11.3 Å². The van der Waals surface area contributed by atoms with Gasteiger partial charge in [0.05, 0.1) is 10.6 Å². The van der Waals surface area contributed by atoms with Crippen LogP contribution >= 0.6 is 11.6 Å². The van der Waals surface area contributed by atoms with Crippen LogP contribution in [-0.4, -0.2) is 12.5 Å². The van der Waals surface area contributed by atoms with Crippen molar-refractivity contribution in [3.05, 3.63) is 70.8 Å². The van der Waals surface area contributed by atoms with Gasteiger partial charge in [-0.2, -0.15) is 13.2 Å². The van der Waals surface area contributed by atoms with Crippen molar-refractivity contribution in [3.63, 3.8) is 0 Å². The Balaban J connectivity index is 1.95. The molecule has 0 aromatic heterocycles. The Morgan fingerprint density at radius 2 is 1.96 bits per heavy atom. The van der Waals surface area contributed by atoms with Crippen LogP contribution in [0.4, 0.5) is 18.9 Å². The van der Waals surface area contributed by atoms with E-state index < -0.39 is 17.6 Å². The highest BCUT2D eigenvalue weighted by Gasteiger charge is 2.33. The summed E-state index contributed by atoms with van der Waals surface area (Å²) in [5.41, 5.74) is 0.618. The van der Waals surface area contributed by atoms with Crippen molar-refractivity contribution in [3.8, 4) is 5.75 Å². The number of hydrogen-bond acceptors (Lipinski definition) is 2. The van der Waals surface area contributed by atoms with Gasteiger partial charge in [0.15, 0.2) is 0 Å². The minimum absolute atomic E-state index is 0.133. The molecule has 0 aliphatic carbocycles. The van der Waals surface area contributed by atoms with Gasteiger partial charge in [-0.3, -0.25) is 4.79 Å². The largest absolute Gasteiger partial charge is 0.488 e. The van der Waals surface area contributed by atoms with Gasteiger partial charge in [0.1, 0.15) is 12.4 Å². The molecule has 0 bridgehead atoms. The number of ether oxygens (including phenoxy) is 1. The second-order valence-corrected chi connectivity index (χ2v) is 5.97. The Morgan fingerprint density at radius 1 is 1.19 bits per heavy atom. The summed E-state index contributed by atoms with van der Waals surface area (Å²) < 4.78 is 43.8. The first kappa shape index (κ1) is 18.1. The van der Waals surface area contributed by atoms with Gasteiger partial charge >= 0.3 is 6.18 Å². The van der Waals surface area contributed by atoms with Crippen LogP contribution in [-0.2, 0) is 11.0 Å². The lowest BCUT2D eigenvalue weighted by Crippen LogP contribution is -2.06. The van der Waals surface area contributed by atoms with Gasteiger partial charge in [0.2, 0.25) is 0 Å². The fourth-order valence-corrected chi connectivity index (χ4v) is 2.80. The van der Waals surface area contributed by atoms with Crippen LogP contribution in [0.2, 0.25) is 5.02 Å². The summed E-state index contributed by atoms with van der Waals surface area (Å²) in [5, 5.41) is 2.81. The van der Waals surface area contributed by atoms with Gasteiger partial charge in [0, 0.05) is 16.8 Å². The molecule has 1 N–H and O–H groups in total. The molecule has 2 aromatic carbocycles. The van der Waals surface area contributed by atoms with E-state index in [0.717, 1.165) is 12.1 Å². The second kappa shape index (κ2) is 6.88. The van der Waals surface area contributed by atoms with E-state index in [9.17, 15) is 18.0 Å². The minimum Gasteiger partial charge on any atom is -0.488 e. The molecule has 0 spiro atoms. The van der Waals surface area contributed by atoms with Crippen molar-refractivity contribution < 1.29 is 22.7 Å². The van der Waals surface area contributed by atoms with Crippen LogP contribution in [0.15, 0.2) is 49.1 Å². The van der Waals surface area contributed by atoms with Crippen molar-refractivity contribution in [2.45, 2.75) is 6.18 Å². The number of nitrogens with one attached hydrogen (secondary N) is 1. The summed E-state index contributed by atoms with van der Waals surface area (Å²) >= 11 is 6.14.